The molecule has 0 heterocycles. The molecule has 0 saturated heterocycles. The van der Waals surface area contributed by atoms with E-state index in [1.165, 1.54) is 24.3 Å². The van der Waals surface area contributed by atoms with Crippen molar-refractivity contribution >= 4 is 0 Å². The molecule has 0 aliphatic heterocycles. The summed E-state index contributed by atoms with van der Waals surface area (Å²) in [5, 5.41) is 0. The zero-order valence-corrected chi connectivity index (χ0v) is 12.5. The van der Waals surface area contributed by atoms with Crippen molar-refractivity contribution in [2.45, 2.75) is 25.2 Å². The Hall–Kier alpha value is -2.24. The second-order valence-corrected chi connectivity index (χ2v) is 5.29. The molecule has 0 aromatic rings. The van der Waals surface area contributed by atoms with Gasteiger partial charge in [0.25, 0.3) is 0 Å². The molecule has 0 atom stereocenters. The lowest BCUT2D eigenvalue weighted by Gasteiger charge is -2.19. The quantitative estimate of drug-likeness (QED) is 0.490. The average Bonchev–Trinajstić information content (AvgIpc) is 2.67. The van der Waals surface area contributed by atoms with Gasteiger partial charge in [0.2, 0.25) is 0 Å². The maximum absolute atomic E-state index is 13.4. The third-order valence-corrected chi connectivity index (χ3v) is 3.47. The zero-order valence-electron chi connectivity index (χ0n) is 12.5. The Bertz CT molecular complexity index is 703. The third kappa shape index (κ3) is 4.19. The molecule has 128 valence electrons. The van der Waals surface area contributed by atoms with Gasteiger partial charge in [0.1, 0.15) is 0 Å². The molecule has 6 heteroatoms. The van der Waals surface area contributed by atoms with Gasteiger partial charge in [-0.3, -0.25) is 0 Å². The molecular weight excluding hydrogens is 330 g/mol. The molecular formula is C18H14F6. The molecule has 0 aromatic heterocycles. The lowest BCUT2D eigenvalue weighted by molar-refractivity contribution is -0.0911. The molecule has 0 aromatic carbocycles. The van der Waals surface area contributed by atoms with Gasteiger partial charge in [-0.1, -0.05) is 60.8 Å². The summed E-state index contributed by atoms with van der Waals surface area (Å²) in [6, 6.07) is 0. The number of allylic oxidation sites excluding steroid dienone is 13. The highest BCUT2D eigenvalue weighted by Crippen LogP contribution is 2.39. The summed E-state index contributed by atoms with van der Waals surface area (Å²) in [4.78, 5) is 0. The summed E-state index contributed by atoms with van der Waals surface area (Å²) in [6.07, 6.45) is -0.122. The van der Waals surface area contributed by atoms with Crippen LogP contribution in [0.3, 0.4) is 0 Å². The molecule has 2 aliphatic rings. The van der Waals surface area contributed by atoms with E-state index in [0.717, 1.165) is 24.3 Å². The largest absolute Gasteiger partial charge is 0.416 e. The molecule has 0 spiro atoms. The van der Waals surface area contributed by atoms with Gasteiger partial charge in [0, 0.05) is 0 Å². The van der Waals surface area contributed by atoms with Crippen LogP contribution in [0.2, 0.25) is 0 Å². The van der Waals surface area contributed by atoms with Gasteiger partial charge < -0.3 is 0 Å². The van der Waals surface area contributed by atoms with Gasteiger partial charge >= 0.3 is 12.4 Å². The molecule has 24 heavy (non-hydrogen) atoms. The van der Waals surface area contributed by atoms with E-state index in [4.69, 9.17) is 0 Å². The summed E-state index contributed by atoms with van der Waals surface area (Å²) < 4.78 is 80.0. The predicted octanol–water partition coefficient (Wildman–Crippen LogP) is 6.29. The topological polar surface area (TPSA) is 0 Å². The van der Waals surface area contributed by atoms with Crippen LogP contribution in [0.1, 0.15) is 12.8 Å². The van der Waals surface area contributed by atoms with Crippen LogP contribution in [0.25, 0.3) is 0 Å². The Morgan fingerprint density at radius 1 is 0.667 bits per heavy atom. The van der Waals surface area contributed by atoms with E-state index in [9.17, 15) is 26.3 Å². The summed E-state index contributed by atoms with van der Waals surface area (Å²) in [5.41, 5.74) is -2.72. The standard InChI is InChI=1S/C18H14F6/c1-12-6-5-9-16(18(22,23)24)14(11-10-12)13-7-3-2-4-8-15(13)17(19,20)21/h3-5,7-11H,1-2,6H2. The normalized spacial score (nSPS) is 19.7. The van der Waals surface area contributed by atoms with Crippen LogP contribution < -0.4 is 0 Å². The van der Waals surface area contributed by atoms with Gasteiger partial charge in [0.05, 0.1) is 11.1 Å². The summed E-state index contributed by atoms with van der Waals surface area (Å²) >= 11 is 0. The number of alkyl halides is 6. The van der Waals surface area contributed by atoms with Gasteiger partial charge in [-0.05, 0) is 24.0 Å². The first-order valence-electron chi connectivity index (χ1n) is 7.09. The second-order valence-electron chi connectivity index (χ2n) is 5.29. The lowest BCUT2D eigenvalue weighted by atomic mass is 9.91. The Morgan fingerprint density at radius 3 is 1.75 bits per heavy atom. The van der Waals surface area contributed by atoms with Crippen molar-refractivity contribution in [3.05, 3.63) is 83.1 Å². The van der Waals surface area contributed by atoms with E-state index in [1.54, 1.807) is 0 Å². The number of hydrogen-bond donors (Lipinski definition) is 0. The minimum Gasteiger partial charge on any atom is -0.166 e. The van der Waals surface area contributed by atoms with Crippen molar-refractivity contribution in [3.8, 4) is 0 Å². The van der Waals surface area contributed by atoms with Gasteiger partial charge in [-0.2, -0.15) is 26.3 Å². The SMILES string of the molecule is C=C1C=CC(C2=C(C(F)(F)F)C=CCC=C2)=C(C(F)(F)F)C=CC1. The van der Waals surface area contributed by atoms with Crippen molar-refractivity contribution in [2.24, 2.45) is 0 Å². The fourth-order valence-corrected chi connectivity index (χ4v) is 2.37. The zero-order chi connectivity index (χ0) is 18.0. The van der Waals surface area contributed by atoms with Crippen molar-refractivity contribution in [3.63, 3.8) is 0 Å². The van der Waals surface area contributed by atoms with E-state index in [-0.39, 0.29) is 12.8 Å². The second kappa shape index (κ2) is 6.71. The summed E-state index contributed by atoms with van der Waals surface area (Å²) in [6.45, 7) is 3.66. The summed E-state index contributed by atoms with van der Waals surface area (Å²) in [5.74, 6) is 0. The monoisotopic (exact) mass is 344 g/mol. The molecule has 0 amide bonds. The van der Waals surface area contributed by atoms with E-state index in [1.807, 2.05) is 0 Å². The Labute approximate surface area is 135 Å². The van der Waals surface area contributed by atoms with Crippen LogP contribution in [0.5, 0.6) is 0 Å². The van der Waals surface area contributed by atoms with Crippen molar-refractivity contribution < 1.29 is 26.3 Å². The Morgan fingerprint density at radius 2 is 1.17 bits per heavy atom. The van der Waals surface area contributed by atoms with E-state index < -0.39 is 34.6 Å². The molecule has 0 N–H and O–H groups in total. The molecule has 0 unspecified atom stereocenters. The summed E-state index contributed by atoms with van der Waals surface area (Å²) in [7, 11) is 0. The van der Waals surface area contributed by atoms with Crippen LogP contribution in [-0.4, -0.2) is 12.4 Å². The Kier molecular flexibility index (Phi) is 5.06. The van der Waals surface area contributed by atoms with E-state index in [2.05, 4.69) is 6.58 Å². The Balaban J connectivity index is 2.82. The lowest BCUT2D eigenvalue weighted by Crippen LogP contribution is -2.17. The van der Waals surface area contributed by atoms with Gasteiger partial charge in [0.15, 0.2) is 0 Å². The first-order valence-corrected chi connectivity index (χ1v) is 7.09. The molecule has 2 rings (SSSR count). The molecule has 0 fully saturated rings. The van der Waals surface area contributed by atoms with Crippen LogP contribution in [0, 0.1) is 0 Å². The van der Waals surface area contributed by atoms with E-state index in [0.29, 0.717) is 5.57 Å². The molecule has 0 radical (unpaired) electrons. The number of hydrogen-bond acceptors (Lipinski definition) is 0. The maximum atomic E-state index is 13.4. The highest BCUT2D eigenvalue weighted by Gasteiger charge is 2.39. The predicted molar refractivity (Wildman–Crippen MR) is 81.1 cm³/mol. The van der Waals surface area contributed by atoms with E-state index >= 15 is 0 Å². The van der Waals surface area contributed by atoms with Crippen molar-refractivity contribution in [1.29, 1.82) is 0 Å². The van der Waals surface area contributed by atoms with Crippen LogP contribution >= 0.6 is 0 Å². The maximum Gasteiger partial charge on any atom is 0.416 e. The molecule has 0 bridgehead atoms. The smallest absolute Gasteiger partial charge is 0.166 e. The van der Waals surface area contributed by atoms with Crippen LogP contribution in [0.15, 0.2) is 83.1 Å². The number of halogens is 6. The first kappa shape index (κ1) is 18.1. The molecule has 0 saturated carbocycles. The first-order chi connectivity index (χ1) is 11.1. The minimum atomic E-state index is -4.78. The van der Waals surface area contributed by atoms with Gasteiger partial charge in [-0.15, -0.1) is 0 Å². The van der Waals surface area contributed by atoms with Crippen LogP contribution in [-0.2, 0) is 0 Å². The number of rotatable bonds is 1. The van der Waals surface area contributed by atoms with Crippen molar-refractivity contribution in [1.82, 2.24) is 0 Å². The average molecular weight is 344 g/mol. The molecule has 0 nitrogen and oxygen atoms in total. The molecule has 2 aliphatic carbocycles. The fourth-order valence-electron chi connectivity index (χ4n) is 2.37. The highest BCUT2D eigenvalue weighted by atomic mass is 19.4. The van der Waals surface area contributed by atoms with Crippen molar-refractivity contribution in [2.75, 3.05) is 0 Å². The van der Waals surface area contributed by atoms with Gasteiger partial charge in [-0.25, -0.2) is 0 Å². The minimum absolute atomic E-state index is 0.199. The third-order valence-electron chi connectivity index (χ3n) is 3.47. The van der Waals surface area contributed by atoms with Crippen LogP contribution in [0.4, 0.5) is 26.3 Å². The highest BCUT2D eigenvalue weighted by molar-refractivity contribution is 5.60. The fraction of sp³-hybridized carbons (Fsp3) is 0.222.